The zero-order valence-corrected chi connectivity index (χ0v) is 19.9. The third kappa shape index (κ3) is 4.31. The third-order valence-electron chi connectivity index (χ3n) is 5.97. The van der Waals surface area contributed by atoms with Gasteiger partial charge in [0.2, 0.25) is 5.95 Å². The standard InChI is InChI=1S/C23H20F3N7O2S/c1-32-9-7-18(31-32)30-21-27-8-6-15(29-21)16-12-36-19(28-16)13-4-3-5-14(10-13)22(35)11-17(23(24,25)26)33(2)20(22)34/h3-10,12,17,35H,11H2,1-2H3,(H,27,29,30,31)/t17-,22-/m0/s1. The van der Waals surface area contributed by atoms with Crippen LogP contribution in [-0.2, 0) is 17.4 Å². The lowest BCUT2D eigenvalue weighted by Gasteiger charge is -2.21. The normalized spacial score (nSPS) is 20.2. The number of nitrogens with zero attached hydrogens (tertiary/aromatic N) is 6. The van der Waals surface area contributed by atoms with Gasteiger partial charge in [-0.3, -0.25) is 9.48 Å². The number of hydrogen-bond acceptors (Lipinski definition) is 8. The second kappa shape index (κ2) is 8.68. The molecule has 0 spiro atoms. The molecule has 1 fully saturated rings. The van der Waals surface area contributed by atoms with Crippen molar-refractivity contribution in [1.82, 2.24) is 29.6 Å². The SMILES string of the molecule is CN1C(=O)[C@@](O)(c2cccc(-c3nc(-c4ccnc(Nc5ccn(C)n5)n4)cs3)c2)C[C@H]1C(F)(F)F. The van der Waals surface area contributed by atoms with Crippen LogP contribution in [0.2, 0.25) is 0 Å². The van der Waals surface area contributed by atoms with E-state index in [-0.39, 0.29) is 5.56 Å². The maximum atomic E-state index is 13.4. The fraction of sp³-hybridized carbons (Fsp3) is 0.261. The third-order valence-corrected chi connectivity index (χ3v) is 6.86. The van der Waals surface area contributed by atoms with Crippen molar-refractivity contribution in [3.05, 3.63) is 59.7 Å². The first-order valence-corrected chi connectivity index (χ1v) is 11.7. The van der Waals surface area contributed by atoms with E-state index in [1.807, 2.05) is 0 Å². The lowest BCUT2D eigenvalue weighted by Crippen LogP contribution is -2.41. The summed E-state index contributed by atoms with van der Waals surface area (Å²) in [4.78, 5) is 26.4. The Bertz CT molecular complexity index is 1440. The van der Waals surface area contributed by atoms with Gasteiger partial charge in [0, 0.05) is 49.9 Å². The number of aryl methyl sites for hydroxylation is 1. The van der Waals surface area contributed by atoms with Gasteiger partial charge in [-0.05, 0) is 17.7 Å². The van der Waals surface area contributed by atoms with Gasteiger partial charge in [0.15, 0.2) is 11.4 Å². The summed E-state index contributed by atoms with van der Waals surface area (Å²) in [6, 6.07) is 7.67. The number of hydrogen-bond donors (Lipinski definition) is 2. The zero-order valence-electron chi connectivity index (χ0n) is 19.1. The van der Waals surface area contributed by atoms with E-state index in [9.17, 15) is 23.1 Å². The van der Waals surface area contributed by atoms with Gasteiger partial charge in [0.1, 0.15) is 16.7 Å². The van der Waals surface area contributed by atoms with Crippen molar-refractivity contribution >= 4 is 29.0 Å². The Labute approximate surface area is 207 Å². The molecule has 4 aromatic rings. The fourth-order valence-corrected chi connectivity index (χ4v) is 4.92. The lowest BCUT2D eigenvalue weighted by molar-refractivity contribution is -0.177. The molecular weight excluding hydrogens is 495 g/mol. The molecule has 4 heterocycles. The molecule has 0 saturated carbocycles. The van der Waals surface area contributed by atoms with Gasteiger partial charge in [-0.15, -0.1) is 11.3 Å². The number of likely N-dealkylation sites (N-methyl/N-ethyl adjacent to an activating group) is 1. The average Bonchev–Trinajstić information content (AvgIpc) is 3.55. The summed E-state index contributed by atoms with van der Waals surface area (Å²) < 4.78 is 41.8. The van der Waals surface area contributed by atoms with Gasteiger partial charge in [-0.1, -0.05) is 18.2 Å². The number of benzene rings is 1. The van der Waals surface area contributed by atoms with E-state index in [1.165, 1.54) is 23.5 Å². The van der Waals surface area contributed by atoms with E-state index in [2.05, 4.69) is 25.4 Å². The Hall–Kier alpha value is -3.84. The van der Waals surface area contributed by atoms with Gasteiger partial charge in [-0.2, -0.15) is 18.3 Å². The van der Waals surface area contributed by atoms with Gasteiger partial charge >= 0.3 is 6.18 Å². The number of carbonyl (C=O) groups is 1. The van der Waals surface area contributed by atoms with Crippen LogP contribution in [-0.4, -0.2) is 59.9 Å². The maximum absolute atomic E-state index is 13.4. The lowest BCUT2D eigenvalue weighted by atomic mass is 9.89. The number of alkyl halides is 3. The van der Waals surface area contributed by atoms with Crippen LogP contribution in [0.15, 0.2) is 54.2 Å². The van der Waals surface area contributed by atoms with E-state index in [1.54, 1.807) is 53.8 Å². The highest BCUT2D eigenvalue weighted by Gasteiger charge is 2.59. The number of halogens is 3. The summed E-state index contributed by atoms with van der Waals surface area (Å²) in [6.07, 6.45) is -2.05. The Morgan fingerprint density at radius 2 is 1.97 bits per heavy atom. The van der Waals surface area contributed by atoms with Gasteiger partial charge in [-0.25, -0.2) is 15.0 Å². The van der Waals surface area contributed by atoms with Crippen molar-refractivity contribution in [3.63, 3.8) is 0 Å². The molecule has 36 heavy (non-hydrogen) atoms. The molecule has 0 bridgehead atoms. The minimum Gasteiger partial charge on any atom is -0.375 e. The Morgan fingerprint density at radius 3 is 2.67 bits per heavy atom. The van der Waals surface area contributed by atoms with Crippen molar-refractivity contribution in [2.45, 2.75) is 24.2 Å². The highest BCUT2D eigenvalue weighted by molar-refractivity contribution is 7.13. The molecule has 3 aromatic heterocycles. The molecule has 1 amide bonds. The molecule has 1 saturated heterocycles. The Kier molecular flexibility index (Phi) is 5.75. The number of likely N-dealkylation sites (tertiary alicyclic amines) is 1. The molecule has 9 nitrogen and oxygen atoms in total. The fourth-order valence-electron chi connectivity index (χ4n) is 4.11. The van der Waals surface area contributed by atoms with E-state index in [4.69, 9.17) is 0 Å². The number of thiazole rings is 1. The van der Waals surface area contributed by atoms with Crippen LogP contribution in [0.1, 0.15) is 12.0 Å². The Balaban J connectivity index is 1.41. The number of rotatable bonds is 5. The summed E-state index contributed by atoms with van der Waals surface area (Å²) in [5.74, 6) is -0.0630. The van der Waals surface area contributed by atoms with Crippen molar-refractivity contribution in [2.75, 3.05) is 12.4 Å². The first kappa shape index (κ1) is 23.9. The molecule has 1 aliphatic heterocycles. The van der Waals surface area contributed by atoms with Crippen molar-refractivity contribution in [2.24, 2.45) is 7.05 Å². The van der Waals surface area contributed by atoms with Gasteiger partial charge in [0.05, 0.1) is 5.69 Å². The molecule has 0 unspecified atom stereocenters. The van der Waals surface area contributed by atoms with Crippen LogP contribution in [0.25, 0.3) is 22.0 Å². The molecule has 0 aliphatic carbocycles. The quantitative estimate of drug-likeness (QED) is 0.417. The predicted molar refractivity (Wildman–Crippen MR) is 126 cm³/mol. The zero-order chi connectivity index (χ0) is 25.7. The van der Waals surface area contributed by atoms with Crippen LogP contribution >= 0.6 is 11.3 Å². The minimum atomic E-state index is -4.64. The minimum absolute atomic E-state index is 0.0873. The molecule has 0 radical (unpaired) electrons. The van der Waals surface area contributed by atoms with Gasteiger partial charge in [0.25, 0.3) is 5.91 Å². The summed E-state index contributed by atoms with van der Waals surface area (Å²) in [5.41, 5.74) is -0.502. The molecular formula is C23H20F3N7O2S. The van der Waals surface area contributed by atoms with Crippen molar-refractivity contribution in [3.8, 4) is 22.0 Å². The number of nitrogens with one attached hydrogen (secondary N) is 1. The highest BCUT2D eigenvalue weighted by atomic mass is 32.1. The van der Waals surface area contributed by atoms with Crippen LogP contribution in [0.5, 0.6) is 0 Å². The summed E-state index contributed by atoms with van der Waals surface area (Å²) in [6.45, 7) is 0. The molecule has 2 atom stereocenters. The number of aliphatic hydroxyl groups is 1. The first-order valence-electron chi connectivity index (χ1n) is 10.8. The summed E-state index contributed by atoms with van der Waals surface area (Å²) in [5, 5.41) is 20.6. The summed E-state index contributed by atoms with van der Waals surface area (Å²) >= 11 is 1.30. The van der Waals surface area contributed by atoms with Crippen LogP contribution < -0.4 is 5.32 Å². The number of amides is 1. The number of carbonyl (C=O) groups excluding carboxylic acids is 1. The van der Waals surface area contributed by atoms with E-state index >= 15 is 0 Å². The second-order valence-corrected chi connectivity index (χ2v) is 9.28. The van der Waals surface area contributed by atoms with Crippen molar-refractivity contribution < 1.29 is 23.1 Å². The van der Waals surface area contributed by atoms with Crippen LogP contribution in [0, 0.1) is 0 Å². The number of anilines is 2. The second-order valence-electron chi connectivity index (χ2n) is 8.42. The van der Waals surface area contributed by atoms with E-state index in [0.29, 0.717) is 38.6 Å². The monoisotopic (exact) mass is 515 g/mol. The topological polar surface area (TPSA) is 109 Å². The summed E-state index contributed by atoms with van der Waals surface area (Å²) in [7, 11) is 2.84. The molecule has 186 valence electrons. The highest BCUT2D eigenvalue weighted by Crippen LogP contribution is 2.43. The van der Waals surface area contributed by atoms with Crippen LogP contribution in [0.3, 0.4) is 0 Å². The Morgan fingerprint density at radius 1 is 1.17 bits per heavy atom. The van der Waals surface area contributed by atoms with E-state index < -0.39 is 30.1 Å². The molecule has 2 N–H and O–H groups in total. The maximum Gasteiger partial charge on any atom is 0.408 e. The predicted octanol–water partition coefficient (Wildman–Crippen LogP) is 3.72. The van der Waals surface area contributed by atoms with E-state index in [0.717, 1.165) is 7.05 Å². The molecule has 13 heteroatoms. The van der Waals surface area contributed by atoms with Crippen LogP contribution in [0.4, 0.5) is 24.9 Å². The molecule has 1 aromatic carbocycles. The first-order chi connectivity index (χ1) is 17.0. The van der Waals surface area contributed by atoms with Gasteiger partial charge < -0.3 is 15.3 Å². The molecule has 5 rings (SSSR count). The smallest absolute Gasteiger partial charge is 0.375 e. The molecule has 1 aliphatic rings. The average molecular weight is 516 g/mol. The van der Waals surface area contributed by atoms with Crippen molar-refractivity contribution in [1.29, 1.82) is 0 Å². The largest absolute Gasteiger partial charge is 0.408 e. The number of aromatic nitrogens is 5.